The van der Waals surface area contributed by atoms with Gasteiger partial charge in [0.25, 0.3) is 0 Å². The molecule has 0 aliphatic carbocycles. The third-order valence-electron chi connectivity index (χ3n) is 5.35. The van der Waals surface area contributed by atoms with Gasteiger partial charge in [0.05, 0.1) is 18.8 Å². The maximum Gasteiger partial charge on any atom is 0.414 e. The summed E-state index contributed by atoms with van der Waals surface area (Å²) in [5, 5.41) is 2.59. The van der Waals surface area contributed by atoms with Crippen molar-refractivity contribution in [2.24, 2.45) is 0 Å². The van der Waals surface area contributed by atoms with Crippen LogP contribution in [0.15, 0.2) is 54.8 Å². The molecule has 0 radical (unpaired) electrons. The number of rotatable bonds is 6. The first kappa shape index (κ1) is 22.4. The fourth-order valence-corrected chi connectivity index (χ4v) is 3.79. The lowest BCUT2D eigenvalue weighted by molar-refractivity contribution is -0.119. The van der Waals surface area contributed by atoms with Crippen LogP contribution < -0.4 is 10.2 Å². The Morgan fingerprint density at radius 1 is 1.15 bits per heavy atom. The van der Waals surface area contributed by atoms with E-state index in [-0.39, 0.29) is 19.0 Å². The van der Waals surface area contributed by atoms with Gasteiger partial charge in [0.15, 0.2) is 0 Å². The summed E-state index contributed by atoms with van der Waals surface area (Å²) in [5.74, 6) is -1.99. The van der Waals surface area contributed by atoms with Gasteiger partial charge in [0, 0.05) is 37.8 Å². The number of nitrogens with one attached hydrogen (secondary N) is 1. The van der Waals surface area contributed by atoms with Gasteiger partial charge in [0.1, 0.15) is 23.6 Å². The molecule has 33 heavy (non-hydrogen) atoms. The highest BCUT2D eigenvalue weighted by atomic mass is 19.1. The van der Waals surface area contributed by atoms with Gasteiger partial charge < -0.3 is 15.0 Å². The average Bonchev–Trinajstić information content (AvgIpc) is 3.13. The highest BCUT2D eigenvalue weighted by Gasteiger charge is 2.32. The summed E-state index contributed by atoms with van der Waals surface area (Å²) in [5.41, 5.74) is 1.89. The van der Waals surface area contributed by atoms with Crippen molar-refractivity contribution in [3.05, 3.63) is 83.3 Å². The van der Waals surface area contributed by atoms with Gasteiger partial charge in [-0.3, -0.25) is 9.69 Å². The largest absolute Gasteiger partial charge is 0.442 e. The monoisotopic (exact) mass is 457 g/mol. The van der Waals surface area contributed by atoms with Crippen LogP contribution in [0.4, 0.5) is 23.7 Å². The van der Waals surface area contributed by atoms with Crippen molar-refractivity contribution in [2.75, 3.05) is 24.5 Å². The number of amides is 2. The summed E-state index contributed by atoms with van der Waals surface area (Å²) < 4.78 is 46.9. The molecule has 2 aromatic carbocycles. The van der Waals surface area contributed by atoms with Crippen LogP contribution >= 0.6 is 0 Å². The van der Waals surface area contributed by atoms with E-state index in [1.807, 2.05) is 11.0 Å². The van der Waals surface area contributed by atoms with Crippen LogP contribution in [0.2, 0.25) is 0 Å². The lowest BCUT2D eigenvalue weighted by Gasteiger charge is -2.23. The van der Waals surface area contributed by atoms with E-state index in [1.54, 1.807) is 24.4 Å². The minimum atomic E-state index is -0.632. The number of benzene rings is 2. The lowest BCUT2D eigenvalue weighted by atomic mass is 10.0. The van der Waals surface area contributed by atoms with Crippen LogP contribution in [-0.2, 0) is 16.1 Å². The van der Waals surface area contributed by atoms with Crippen LogP contribution in [0.5, 0.6) is 0 Å². The number of nitrogens with zero attached hydrogens (tertiary/aromatic N) is 2. The molecule has 2 aromatic rings. The first-order chi connectivity index (χ1) is 15.8. The maximum atomic E-state index is 14.9. The molecule has 1 fully saturated rings. The predicted octanol–water partition coefficient (Wildman–Crippen LogP) is 3.98. The zero-order valence-electron chi connectivity index (χ0n) is 17.9. The zero-order valence-corrected chi connectivity index (χ0v) is 17.9. The van der Waals surface area contributed by atoms with E-state index in [0.29, 0.717) is 35.5 Å². The fraction of sp³-hybridized carbons (Fsp3) is 0.250. The third-order valence-corrected chi connectivity index (χ3v) is 5.35. The molecule has 6 nitrogen and oxygen atoms in total. The Morgan fingerprint density at radius 3 is 2.55 bits per heavy atom. The Hall–Kier alpha value is -3.75. The summed E-state index contributed by atoms with van der Waals surface area (Å²) in [7, 11) is 0. The Balaban J connectivity index is 1.41. The summed E-state index contributed by atoms with van der Waals surface area (Å²) >= 11 is 0. The van der Waals surface area contributed by atoms with Gasteiger partial charge in [-0.05, 0) is 47.5 Å². The van der Waals surface area contributed by atoms with Crippen molar-refractivity contribution in [1.82, 2.24) is 10.2 Å². The molecule has 2 amide bonds. The van der Waals surface area contributed by atoms with Crippen molar-refractivity contribution in [3.8, 4) is 0 Å². The van der Waals surface area contributed by atoms with Crippen molar-refractivity contribution in [1.29, 1.82) is 0 Å². The second-order valence-electron chi connectivity index (χ2n) is 7.90. The SMILES string of the molecule is CC(=O)NC[C@H]1CN(c2ccc(C3=CCN(Cc4cc(F)cc(F)c4)C=C3)c(F)c2)C(=O)O1. The second-order valence-corrected chi connectivity index (χ2v) is 7.90. The molecule has 0 spiro atoms. The molecule has 4 rings (SSSR count). The van der Waals surface area contributed by atoms with E-state index in [2.05, 4.69) is 5.32 Å². The highest BCUT2D eigenvalue weighted by molar-refractivity contribution is 5.90. The van der Waals surface area contributed by atoms with Crippen molar-refractivity contribution in [3.63, 3.8) is 0 Å². The molecule has 2 aliphatic rings. The zero-order chi connectivity index (χ0) is 23.5. The van der Waals surface area contributed by atoms with E-state index < -0.39 is 29.6 Å². The van der Waals surface area contributed by atoms with E-state index in [1.165, 1.54) is 30.0 Å². The predicted molar refractivity (Wildman–Crippen MR) is 117 cm³/mol. The number of allylic oxidation sites excluding steroid dienone is 2. The lowest BCUT2D eigenvalue weighted by Crippen LogP contribution is -2.33. The molecule has 172 valence electrons. The maximum absolute atomic E-state index is 14.9. The molecule has 2 heterocycles. The van der Waals surface area contributed by atoms with Gasteiger partial charge in [-0.2, -0.15) is 0 Å². The number of carbonyl (C=O) groups excluding carboxylic acids is 2. The van der Waals surface area contributed by atoms with Crippen LogP contribution in [0, 0.1) is 17.5 Å². The molecular formula is C24H22F3N3O3. The minimum absolute atomic E-state index is 0.189. The van der Waals surface area contributed by atoms with Crippen molar-refractivity contribution in [2.45, 2.75) is 19.6 Å². The highest BCUT2D eigenvalue weighted by Crippen LogP contribution is 2.29. The standard InChI is InChI=1S/C24H22F3N3O3/c1-15(31)28-12-21-14-30(24(32)33-21)20-2-3-22(23(27)11-20)17-4-6-29(7-5-17)13-16-8-18(25)10-19(26)9-16/h2-6,8-11,21H,7,12-14H2,1H3,(H,28,31)/t21-/m0/s1. The molecule has 0 bridgehead atoms. The van der Waals surface area contributed by atoms with E-state index in [9.17, 15) is 22.8 Å². The number of halogens is 3. The Kier molecular flexibility index (Phi) is 6.39. The second kappa shape index (κ2) is 9.40. The van der Waals surface area contributed by atoms with Crippen LogP contribution in [0.3, 0.4) is 0 Å². The average molecular weight is 457 g/mol. The number of hydrogen-bond acceptors (Lipinski definition) is 4. The fourth-order valence-electron chi connectivity index (χ4n) is 3.79. The number of ether oxygens (including phenoxy) is 1. The number of cyclic esters (lactones) is 1. The Bertz CT molecular complexity index is 1130. The van der Waals surface area contributed by atoms with Gasteiger partial charge in [0.2, 0.25) is 5.91 Å². The summed E-state index contributed by atoms with van der Waals surface area (Å²) in [6, 6.07) is 7.88. The number of hydrogen-bond donors (Lipinski definition) is 1. The molecule has 1 saturated heterocycles. The van der Waals surface area contributed by atoms with E-state index in [0.717, 1.165) is 6.07 Å². The van der Waals surface area contributed by atoms with Crippen molar-refractivity contribution < 1.29 is 27.5 Å². The topological polar surface area (TPSA) is 61.9 Å². The molecule has 1 atom stereocenters. The first-order valence-electron chi connectivity index (χ1n) is 10.4. The molecule has 0 aromatic heterocycles. The number of anilines is 1. The van der Waals surface area contributed by atoms with Crippen LogP contribution in [0.1, 0.15) is 18.1 Å². The van der Waals surface area contributed by atoms with Crippen molar-refractivity contribution >= 4 is 23.3 Å². The molecule has 9 heteroatoms. The van der Waals surface area contributed by atoms with E-state index in [4.69, 9.17) is 4.74 Å². The quantitative estimate of drug-likeness (QED) is 0.713. The number of carbonyl (C=O) groups is 2. The summed E-state index contributed by atoms with van der Waals surface area (Å²) in [4.78, 5) is 26.4. The third kappa shape index (κ3) is 5.36. The van der Waals surface area contributed by atoms with Gasteiger partial charge in [-0.25, -0.2) is 18.0 Å². The Morgan fingerprint density at radius 2 is 1.91 bits per heavy atom. The van der Waals surface area contributed by atoms with Crippen LogP contribution in [0.25, 0.3) is 5.57 Å². The van der Waals surface area contributed by atoms with Gasteiger partial charge in [-0.1, -0.05) is 6.08 Å². The molecule has 0 saturated carbocycles. The summed E-state index contributed by atoms with van der Waals surface area (Å²) in [6.45, 7) is 2.52. The minimum Gasteiger partial charge on any atom is -0.442 e. The Labute approximate surface area is 188 Å². The van der Waals surface area contributed by atoms with E-state index >= 15 is 0 Å². The molecule has 1 N–H and O–H groups in total. The first-order valence-corrected chi connectivity index (χ1v) is 10.4. The summed E-state index contributed by atoms with van der Waals surface area (Å²) in [6.07, 6.45) is 4.19. The normalized spacial score (nSPS) is 17.8. The molecule has 0 unspecified atom stereocenters. The van der Waals surface area contributed by atoms with Crippen LogP contribution in [-0.4, -0.2) is 42.6 Å². The van der Waals surface area contributed by atoms with Gasteiger partial charge >= 0.3 is 6.09 Å². The van der Waals surface area contributed by atoms with Gasteiger partial charge in [-0.15, -0.1) is 0 Å². The molecule has 2 aliphatic heterocycles. The molecular weight excluding hydrogens is 435 g/mol. The smallest absolute Gasteiger partial charge is 0.414 e.